The van der Waals surface area contributed by atoms with Crippen molar-refractivity contribution in [3.8, 4) is 0 Å². The lowest BCUT2D eigenvalue weighted by Crippen LogP contribution is -2.23. The largest absolute Gasteiger partial charge is 0.416 e. The zero-order valence-corrected chi connectivity index (χ0v) is 23.2. The lowest BCUT2D eigenvalue weighted by atomic mass is 9.95. The highest BCUT2D eigenvalue weighted by Gasteiger charge is 2.32. The third-order valence-corrected chi connectivity index (χ3v) is 5.85. The van der Waals surface area contributed by atoms with Crippen LogP contribution < -0.4 is 16.0 Å². The summed E-state index contributed by atoms with van der Waals surface area (Å²) >= 11 is 0. The predicted octanol–water partition coefficient (Wildman–Crippen LogP) is 7.63. The molecule has 0 saturated heterocycles. The van der Waals surface area contributed by atoms with E-state index in [4.69, 9.17) is 0 Å². The monoisotopic (exact) mass is 545 g/mol. The number of likely N-dealkylation sites (N-methyl/N-ethyl adjacent to an activating group) is 1. The smallest absolute Gasteiger partial charge is 0.387 e. The van der Waals surface area contributed by atoms with Gasteiger partial charge in [-0.15, -0.1) is 0 Å². The Morgan fingerprint density at radius 1 is 0.974 bits per heavy atom. The number of alkyl halides is 3. The number of halogens is 4. The van der Waals surface area contributed by atoms with Crippen molar-refractivity contribution in [3.05, 3.63) is 94.0 Å². The maximum Gasteiger partial charge on any atom is 0.416 e. The molecule has 2 aromatic carbocycles. The van der Waals surface area contributed by atoms with Gasteiger partial charge in [-0.2, -0.15) is 13.2 Å². The molecule has 0 heterocycles. The number of hydrogen-bond donors (Lipinski definition) is 3. The molecule has 0 aliphatic heterocycles. The van der Waals surface area contributed by atoms with Gasteiger partial charge in [-0.25, -0.2) is 4.39 Å². The number of allylic oxidation sites excluding steroid dienone is 4. The summed E-state index contributed by atoms with van der Waals surface area (Å²) in [5.74, 6) is -2.03. The van der Waals surface area contributed by atoms with Crippen LogP contribution in [0.4, 0.5) is 28.9 Å². The quantitative estimate of drug-likeness (QED) is 0.172. The van der Waals surface area contributed by atoms with Crippen molar-refractivity contribution in [1.82, 2.24) is 5.32 Å². The molecule has 0 bridgehead atoms. The van der Waals surface area contributed by atoms with E-state index < -0.39 is 29.0 Å². The zero-order valence-electron chi connectivity index (χ0n) is 23.2. The lowest BCUT2D eigenvalue weighted by Gasteiger charge is -2.19. The van der Waals surface area contributed by atoms with Crippen LogP contribution in [-0.4, -0.2) is 18.9 Å². The van der Waals surface area contributed by atoms with Crippen LogP contribution in [0.3, 0.4) is 0 Å². The molecular formula is C30H35F4N3O2. The molecule has 9 heteroatoms. The van der Waals surface area contributed by atoms with Crippen molar-refractivity contribution in [3.63, 3.8) is 0 Å². The minimum Gasteiger partial charge on any atom is -0.387 e. The third-order valence-electron chi connectivity index (χ3n) is 5.85. The Balaban J connectivity index is 2.36. The highest BCUT2D eigenvalue weighted by Crippen LogP contribution is 2.31. The maximum absolute atomic E-state index is 13.8. The van der Waals surface area contributed by atoms with Gasteiger partial charge >= 0.3 is 6.18 Å². The lowest BCUT2D eigenvalue weighted by molar-refractivity contribution is -0.137. The molecule has 0 fully saturated rings. The maximum atomic E-state index is 13.8. The Morgan fingerprint density at radius 2 is 1.64 bits per heavy atom. The molecule has 2 amide bonds. The van der Waals surface area contributed by atoms with Crippen molar-refractivity contribution < 1.29 is 27.2 Å². The van der Waals surface area contributed by atoms with Crippen molar-refractivity contribution in [2.24, 2.45) is 11.8 Å². The first-order valence-electron chi connectivity index (χ1n) is 12.6. The summed E-state index contributed by atoms with van der Waals surface area (Å²) < 4.78 is 52.9. The van der Waals surface area contributed by atoms with E-state index in [2.05, 4.69) is 35.9 Å². The minimum atomic E-state index is -4.80. The van der Waals surface area contributed by atoms with Crippen LogP contribution in [0.2, 0.25) is 0 Å². The van der Waals surface area contributed by atoms with Crippen molar-refractivity contribution in [2.45, 2.75) is 47.7 Å². The second-order valence-corrected chi connectivity index (χ2v) is 9.70. The number of benzene rings is 2. The van der Waals surface area contributed by atoms with Crippen LogP contribution in [0.1, 0.15) is 56.1 Å². The van der Waals surface area contributed by atoms with Gasteiger partial charge < -0.3 is 16.0 Å². The molecule has 2 aromatic rings. The van der Waals surface area contributed by atoms with Gasteiger partial charge in [-0.1, -0.05) is 52.0 Å². The van der Waals surface area contributed by atoms with Crippen LogP contribution in [-0.2, 0) is 11.0 Å². The van der Waals surface area contributed by atoms with Crippen LogP contribution in [0.25, 0.3) is 0 Å². The summed E-state index contributed by atoms with van der Waals surface area (Å²) in [6, 6.07) is 6.31. The van der Waals surface area contributed by atoms with E-state index in [1.54, 1.807) is 33.0 Å². The number of nitrogens with one attached hydrogen (secondary N) is 3. The number of carbonyl (C=O) groups is 2. The van der Waals surface area contributed by atoms with Gasteiger partial charge in [0.05, 0.1) is 11.1 Å². The van der Waals surface area contributed by atoms with Crippen LogP contribution in [0.15, 0.2) is 71.5 Å². The average molecular weight is 546 g/mol. The van der Waals surface area contributed by atoms with E-state index in [0.717, 1.165) is 11.6 Å². The van der Waals surface area contributed by atoms with E-state index in [9.17, 15) is 27.2 Å². The van der Waals surface area contributed by atoms with Gasteiger partial charge in [0, 0.05) is 29.7 Å². The van der Waals surface area contributed by atoms with Crippen LogP contribution in [0.5, 0.6) is 0 Å². The first kappa shape index (κ1) is 31.3. The molecule has 0 spiro atoms. The minimum absolute atomic E-state index is 0.131. The Bertz CT molecular complexity index is 1310. The molecule has 0 unspecified atom stereocenters. The van der Waals surface area contributed by atoms with Gasteiger partial charge in [-0.3, -0.25) is 9.59 Å². The molecule has 0 radical (unpaired) electrons. The zero-order chi connectivity index (χ0) is 29.5. The Morgan fingerprint density at radius 3 is 2.18 bits per heavy atom. The van der Waals surface area contributed by atoms with E-state index in [1.165, 1.54) is 12.1 Å². The van der Waals surface area contributed by atoms with E-state index in [0.29, 0.717) is 40.6 Å². The number of aryl methyl sites for hydroxylation is 1. The molecule has 39 heavy (non-hydrogen) atoms. The molecule has 3 N–H and O–H groups in total. The molecule has 0 atom stereocenters. The summed E-state index contributed by atoms with van der Waals surface area (Å²) in [7, 11) is 1.75. The fraction of sp³-hybridized carbons (Fsp3) is 0.333. The molecule has 210 valence electrons. The van der Waals surface area contributed by atoms with E-state index >= 15 is 0 Å². The topological polar surface area (TPSA) is 70.2 Å². The first-order valence-corrected chi connectivity index (χ1v) is 12.6. The fourth-order valence-corrected chi connectivity index (χ4v) is 3.80. The van der Waals surface area contributed by atoms with Gasteiger partial charge in [-0.05, 0) is 67.2 Å². The Hall–Kier alpha value is -3.88. The summed E-state index contributed by atoms with van der Waals surface area (Å²) in [4.78, 5) is 26.0. The van der Waals surface area contributed by atoms with E-state index in [-0.39, 0.29) is 17.5 Å². The molecule has 0 saturated carbocycles. The van der Waals surface area contributed by atoms with Gasteiger partial charge in [0.1, 0.15) is 5.82 Å². The number of amides is 2. The van der Waals surface area contributed by atoms with Gasteiger partial charge in [0.25, 0.3) is 11.8 Å². The van der Waals surface area contributed by atoms with Crippen molar-refractivity contribution in [2.75, 3.05) is 17.7 Å². The fourth-order valence-electron chi connectivity index (χ4n) is 3.80. The Labute approximate surface area is 227 Å². The number of carbonyl (C=O) groups excluding carboxylic acids is 2. The molecule has 0 aromatic heterocycles. The van der Waals surface area contributed by atoms with E-state index in [1.807, 2.05) is 19.9 Å². The second-order valence-electron chi connectivity index (χ2n) is 9.70. The van der Waals surface area contributed by atoms with Crippen molar-refractivity contribution in [1.29, 1.82) is 0 Å². The normalized spacial score (nSPS) is 13.1. The predicted molar refractivity (Wildman–Crippen MR) is 148 cm³/mol. The summed E-state index contributed by atoms with van der Waals surface area (Å²) in [5, 5.41) is 8.48. The molecular weight excluding hydrogens is 510 g/mol. The van der Waals surface area contributed by atoms with Gasteiger partial charge in [0.2, 0.25) is 0 Å². The summed E-state index contributed by atoms with van der Waals surface area (Å²) in [5.41, 5.74) is 1.61. The SMILES string of the molecule is C\C=C(C(=O)Nc1cc(NC(=O)c2cc(F)cc(C(F)(F)F)c2)ccc1C)/C(NC)=C(/C=C\C(C)C)C(C)C. The molecule has 5 nitrogen and oxygen atoms in total. The highest BCUT2D eigenvalue weighted by atomic mass is 19.4. The first-order chi connectivity index (χ1) is 18.2. The number of rotatable bonds is 9. The molecule has 2 rings (SSSR count). The average Bonchev–Trinajstić information content (AvgIpc) is 2.84. The number of anilines is 2. The molecule has 0 aliphatic rings. The van der Waals surface area contributed by atoms with Crippen LogP contribution >= 0.6 is 0 Å². The highest BCUT2D eigenvalue weighted by molar-refractivity contribution is 6.08. The van der Waals surface area contributed by atoms with Crippen LogP contribution in [0, 0.1) is 24.6 Å². The van der Waals surface area contributed by atoms with Crippen molar-refractivity contribution >= 4 is 23.2 Å². The van der Waals surface area contributed by atoms with Gasteiger partial charge in [0.15, 0.2) is 0 Å². The Kier molecular flexibility index (Phi) is 10.7. The number of hydrogen-bond acceptors (Lipinski definition) is 3. The third kappa shape index (κ3) is 8.56. The second kappa shape index (κ2) is 13.3. The summed E-state index contributed by atoms with van der Waals surface area (Å²) in [6.07, 6.45) is 0.972. The molecule has 0 aliphatic carbocycles. The summed E-state index contributed by atoms with van der Waals surface area (Å²) in [6.45, 7) is 11.7. The standard InChI is InChI=1S/C30H35F4N3O2/c1-8-24(27(35-7)25(18(4)5)12-9-17(2)3)29(39)37-26-16-23(11-10-19(26)6)36-28(38)20-13-21(30(32,33)34)15-22(31)14-20/h8-18,35H,1-7H3,(H,36,38)(H,37,39)/b12-9-,24-8+,27-25+.